The monoisotopic (exact) mass is 371 g/mol. The van der Waals surface area contributed by atoms with Gasteiger partial charge in [0, 0.05) is 25.8 Å². The van der Waals surface area contributed by atoms with Crippen LogP contribution in [0.4, 0.5) is 0 Å². The molecule has 4 heteroatoms. The van der Waals surface area contributed by atoms with Crippen molar-refractivity contribution in [1.29, 1.82) is 0 Å². The topological polar surface area (TPSA) is 12.0 Å². The molecule has 0 bridgehead atoms. The van der Waals surface area contributed by atoms with Crippen LogP contribution < -0.4 is 5.32 Å². The molecule has 1 heterocycles. The van der Waals surface area contributed by atoms with E-state index in [1.54, 1.807) is 0 Å². The second kappa shape index (κ2) is 7.08. The Morgan fingerprint density at radius 2 is 2.00 bits per heavy atom. The molecule has 108 valence electrons. The third kappa shape index (κ3) is 3.45. The Hall–Kier alpha value is -0.350. The highest BCUT2D eigenvalue weighted by Crippen LogP contribution is 2.39. The summed E-state index contributed by atoms with van der Waals surface area (Å²) in [6.45, 7) is 7.64. The highest BCUT2D eigenvalue weighted by Gasteiger charge is 2.17. The van der Waals surface area contributed by atoms with Gasteiger partial charge in [-0.15, -0.1) is 11.3 Å². The lowest BCUT2D eigenvalue weighted by atomic mass is 10.0. The molecular weight excluding hydrogens is 354 g/mol. The van der Waals surface area contributed by atoms with Gasteiger partial charge in [0.2, 0.25) is 0 Å². The molecule has 0 saturated heterocycles. The molecule has 0 aliphatic rings. The molecule has 2 rings (SSSR count). The molecule has 0 saturated carbocycles. The Morgan fingerprint density at radius 1 is 1.25 bits per heavy atom. The quantitative estimate of drug-likeness (QED) is 0.665. The van der Waals surface area contributed by atoms with Crippen LogP contribution in [0.15, 0.2) is 34.8 Å². The molecule has 1 aromatic carbocycles. The van der Waals surface area contributed by atoms with Crippen LogP contribution in [0.2, 0.25) is 5.02 Å². The minimum absolute atomic E-state index is 0.414. The maximum absolute atomic E-state index is 6.18. The van der Waals surface area contributed by atoms with Gasteiger partial charge in [-0.1, -0.05) is 44.5 Å². The Morgan fingerprint density at radius 3 is 2.65 bits per heavy atom. The fourth-order valence-corrected chi connectivity index (χ4v) is 4.32. The van der Waals surface area contributed by atoms with E-state index in [1.807, 2.05) is 23.5 Å². The molecular formula is C16H19BrClNS. The van der Waals surface area contributed by atoms with Crippen LogP contribution in [0.5, 0.6) is 0 Å². The summed E-state index contributed by atoms with van der Waals surface area (Å²) in [5, 5.41) is 4.32. The number of halogens is 2. The SMILES string of the molecule is CCNC(c1ccc(-c2cccc(Cl)c2Br)s1)C(C)C. The molecule has 0 amide bonds. The largest absolute Gasteiger partial charge is 0.309 e. The average molecular weight is 373 g/mol. The van der Waals surface area contributed by atoms with Crippen molar-refractivity contribution in [2.45, 2.75) is 26.8 Å². The number of hydrogen-bond donors (Lipinski definition) is 1. The van der Waals surface area contributed by atoms with Crippen LogP contribution in [-0.2, 0) is 0 Å². The summed E-state index contributed by atoms with van der Waals surface area (Å²) in [4.78, 5) is 2.63. The minimum atomic E-state index is 0.414. The van der Waals surface area contributed by atoms with Crippen molar-refractivity contribution in [3.63, 3.8) is 0 Å². The Bertz CT molecular complexity index is 580. The van der Waals surface area contributed by atoms with Crippen molar-refractivity contribution in [3.8, 4) is 10.4 Å². The lowest BCUT2D eigenvalue weighted by Crippen LogP contribution is -2.24. The molecule has 0 aliphatic carbocycles. The average Bonchev–Trinajstić information content (AvgIpc) is 2.88. The number of rotatable bonds is 5. The van der Waals surface area contributed by atoms with E-state index in [1.165, 1.54) is 9.75 Å². The van der Waals surface area contributed by atoms with Crippen LogP contribution in [0, 0.1) is 5.92 Å². The molecule has 1 aromatic heterocycles. The second-order valence-corrected chi connectivity index (χ2v) is 7.40. The molecule has 2 aromatic rings. The lowest BCUT2D eigenvalue weighted by Gasteiger charge is -2.20. The summed E-state index contributed by atoms with van der Waals surface area (Å²) in [5.74, 6) is 0.573. The molecule has 1 nitrogen and oxygen atoms in total. The van der Waals surface area contributed by atoms with Crippen molar-refractivity contribution < 1.29 is 0 Å². The van der Waals surface area contributed by atoms with Gasteiger partial charge in [0.25, 0.3) is 0 Å². The first-order valence-electron chi connectivity index (χ1n) is 6.82. The maximum atomic E-state index is 6.18. The predicted octanol–water partition coefficient (Wildman–Crippen LogP) is 6.14. The van der Waals surface area contributed by atoms with Crippen LogP contribution in [0.1, 0.15) is 31.7 Å². The van der Waals surface area contributed by atoms with Crippen molar-refractivity contribution in [2.75, 3.05) is 6.54 Å². The van der Waals surface area contributed by atoms with Gasteiger partial charge in [-0.25, -0.2) is 0 Å². The van der Waals surface area contributed by atoms with Gasteiger partial charge in [-0.3, -0.25) is 0 Å². The van der Waals surface area contributed by atoms with Crippen molar-refractivity contribution in [2.24, 2.45) is 5.92 Å². The van der Waals surface area contributed by atoms with E-state index in [-0.39, 0.29) is 0 Å². The molecule has 1 N–H and O–H groups in total. The van der Waals surface area contributed by atoms with E-state index < -0.39 is 0 Å². The van der Waals surface area contributed by atoms with E-state index in [2.05, 4.69) is 60.2 Å². The van der Waals surface area contributed by atoms with Gasteiger partial charge in [0.15, 0.2) is 0 Å². The highest BCUT2D eigenvalue weighted by atomic mass is 79.9. The van der Waals surface area contributed by atoms with E-state index in [9.17, 15) is 0 Å². The van der Waals surface area contributed by atoms with Gasteiger partial charge < -0.3 is 5.32 Å². The van der Waals surface area contributed by atoms with Crippen molar-refractivity contribution >= 4 is 38.9 Å². The van der Waals surface area contributed by atoms with Gasteiger partial charge >= 0.3 is 0 Å². The van der Waals surface area contributed by atoms with Gasteiger partial charge in [0.1, 0.15) is 0 Å². The van der Waals surface area contributed by atoms with E-state index in [0.29, 0.717) is 12.0 Å². The van der Waals surface area contributed by atoms with Crippen molar-refractivity contribution in [1.82, 2.24) is 5.32 Å². The number of nitrogens with one attached hydrogen (secondary N) is 1. The number of hydrogen-bond acceptors (Lipinski definition) is 2. The molecule has 1 atom stereocenters. The zero-order valence-electron chi connectivity index (χ0n) is 11.9. The Balaban J connectivity index is 2.35. The van der Waals surface area contributed by atoms with Crippen LogP contribution in [0.25, 0.3) is 10.4 Å². The smallest absolute Gasteiger partial charge is 0.0554 e. The molecule has 0 radical (unpaired) electrons. The standard InChI is InChI=1S/C16H19BrClNS/c1-4-19-16(10(2)3)14-9-8-13(20-14)11-6-5-7-12(18)15(11)17/h5-10,16,19H,4H2,1-3H3. The molecule has 20 heavy (non-hydrogen) atoms. The second-order valence-electron chi connectivity index (χ2n) is 5.08. The zero-order valence-corrected chi connectivity index (χ0v) is 15.1. The van der Waals surface area contributed by atoms with Gasteiger partial charge in [0.05, 0.1) is 5.02 Å². The normalized spacial score (nSPS) is 12.9. The lowest BCUT2D eigenvalue weighted by molar-refractivity contribution is 0.428. The number of thiophene rings is 1. The fraction of sp³-hybridized carbons (Fsp3) is 0.375. The summed E-state index contributed by atoms with van der Waals surface area (Å²) in [6.07, 6.45) is 0. The summed E-state index contributed by atoms with van der Waals surface area (Å²) in [5.41, 5.74) is 1.16. The summed E-state index contributed by atoms with van der Waals surface area (Å²) >= 11 is 11.6. The third-order valence-corrected chi connectivity index (χ3v) is 5.84. The van der Waals surface area contributed by atoms with Gasteiger partial charge in [-0.2, -0.15) is 0 Å². The first kappa shape index (κ1) is 16.0. The zero-order chi connectivity index (χ0) is 14.7. The first-order valence-corrected chi connectivity index (χ1v) is 8.80. The van der Waals surface area contributed by atoms with Gasteiger partial charge in [-0.05, 0) is 46.6 Å². The minimum Gasteiger partial charge on any atom is -0.309 e. The van der Waals surface area contributed by atoms with Crippen LogP contribution in [0.3, 0.4) is 0 Å². The summed E-state index contributed by atoms with van der Waals surface area (Å²) in [6, 6.07) is 10.8. The van der Waals surface area contributed by atoms with Crippen LogP contribution in [-0.4, -0.2) is 6.54 Å². The summed E-state index contributed by atoms with van der Waals surface area (Å²) < 4.78 is 0.972. The molecule has 0 fully saturated rings. The number of benzene rings is 1. The molecule has 0 spiro atoms. The summed E-state index contributed by atoms with van der Waals surface area (Å²) in [7, 11) is 0. The third-order valence-electron chi connectivity index (χ3n) is 3.24. The highest BCUT2D eigenvalue weighted by molar-refractivity contribution is 9.10. The van der Waals surface area contributed by atoms with E-state index in [4.69, 9.17) is 11.6 Å². The van der Waals surface area contributed by atoms with Crippen molar-refractivity contribution in [3.05, 3.63) is 44.7 Å². The predicted molar refractivity (Wildman–Crippen MR) is 93.7 cm³/mol. The van der Waals surface area contributed by atoms with Crippen LogP contribution >= 0.6 is 38.9 Å². The molecule has 0 aliphatic heterocycles. The molecule has 1 unspecified atom stereocenters. The first-order chi connectivity index (χ1) is 9.54. The van der Waals surface area contributed by atoms with E-state index >= 15 is 0 Å². The Labute approximate surface area is 138 Å². The fourth-order valence-electron chi connectivity index (χ4n) is 2.24. The van der Waals surface area contributed by atoms with E-state index in [0.717, 1.165) is 21.6 Å². The Kier molecular flexibility index (Phi) is 5.67. The maximum Gasteiger partial charge on any atom is 0.0554 e.